The van der Waals surface area contributed by atoms with Gasteiger partial charge in [-0.05, 0) is 12.1 Å². The maximum atomic E-state index is 11.7. The van der Waals surface area contributed by atoms with Crippen LogP contribution in [0.5, 0.6) is 0 Å². The Kier molecular flexibility index (Phi) is 5.01. The van der Waals surface area contributed by atoms with Crippen LogP contribution in [-0.4, -0.2) is 65.1 Å². The molecular weight excluding hydrogens is 266 g/mol. The number of aromatic nitrogens is 1. The molecule has 0 saturated carbocycles. The van der Waals surface area contributed by atoms with Crippen LogP contribution in [0.25, 0.3) is 0 Å². The Balaban J connectivity index is 2.95. The zero-order valence-corrected chi connectivity index (χ0v) is 11.1. The lowest BCUT2D eigenvalue weighted by molar-refractivity contribution is -0.136. The maximum absolute atomic E-state index is 11.7. The first-order chi connectivity index (χ1) is 9.31. The molecule has 0 aliphatic rings. The first-order valence-electron chi connectivity index (χ1n) is 5.67. The zero-order chi connectivity index (χ0) is 15.3. The molecule has 0 aromatic carbocycles. The van der Waals surface area contributed by atoms with Crippen molar-refractivity contribution in [2.24, 2.45) is 0 Å². The van der Waals surface area contributed by atoms with Crippen molar-refractivity contribution in [2.45, 2.75) is 0 Å². The van der Waals surface area contributed by atoms with E-state index in [2.05, 4.69) is 4.98 Å². The minimum Gasteiger partial charge on any atom is -0.480 e. The van der Waals surface area contributed by atoms with Gasteiger partial charge in [0.2, 0.25) is 0 Å². The molecule has 0 unspecified atom stereocenters. The van der Waals surface area contributed by atoms with Crippen LogP contribution in [0.3, 0.4) is 0 Å². The van der Waals surface area contributed by atoms with Crippen molar-refractivity contribution in [3.05, 3.63) is 23.9 Å². The Bertz CT molecular complexity index is 496. The van der Waals surface area contributed by atoms with Gasteiger partial charge in [-0.15, -0.1) is 0 Å². The van der Waals surface area contributed by atoms with Crippen LogP contribution >= 0.6 is 0 Å². The molecule has 0 atom stereocenters. The van der Waals surface area contributed by atoms with E-state index in [1.807, 2.05) is 0 Å². The SMILES string of the molecule is CN(C)C(=O)c1ccc(N(CC(=O)O)CC(=O)O)nc1. The summed E-state index contributed by atoms with van der Waals surface area (Å²) in [6.07, 6.45) is 1.29. The highest BCUT2D eigenvalue weighted by molar-refractivity contribution is 5.93. The summed E-state index contributed by atoms with van der Waals surface area (Å²) in [7, 11) is 3.19. The number of carbonyl (C=O) groups is 3. The Hall–Kier alpha value is -2.64. The minimum absolute atomic E-state index is 0.185. The molecule has 1 aromatic heterocycles. The third-order valence-electron chi connectivity index (χ3n) is 2.38. The second kappa shape index (κ2) is 6.50. The van der Waals surface area contributed by atoms with Gasteiger partial charge in [0.05, 0.1) is 5.56 Å². The predicted octanol–water partition coefficient (Wildman–Crippen LogP) is -0.241. The molecule has 0 aliphatic heterocycles. The quantitative estimate of drug-likeness (QED) is 0.740. The molecule has 2 N–H and O–H groups in total. The third-order valence-corrected chi connectivity index (χ3v) is 2.38. The number of amides is 1. The molecule has 0 spiro atoms. The number of anilines is 1. The van der Waals surface area contributed by atoms with Gasteiger partial charge in [0.1, 0.15) is 18.9 Å². The smallest absolute Gasteiger partial charge is 0.323 e. The van der Waals surface area contributed by atoms with E-state index in [0.29, 0.717) is 5.56 Å². The molecule has 20 heavy (non-hydrogen) atoms. The fourth-order valence-electron chi connectivity index (χ4n) is 1.50. The summed E-state index contributed by atoms with van der Waals surface area (Å²) < 4.78 is 0. The van der Waals surface area contributed by atoms with Gasteiger partial charge < -0.3 is 20.0 Å². The number of carboxylic acids is 2. The Morgan fingerprint density at radius 2 is 1.65 bits per heavy atom. The van der Waals surface area contributed by atoms with Gasteiger partial charge in [-0.1, -0.05) is 0 Å². The molecule has 0 aliphatic carbocycles. The number of hydrogen-bond donors (Lipinski definition) is 2. The number of carboxylic acid groups (broad SMARTS) is 2. The average molecular weight is 281 g/mol. The molecule has 0 fully saturated rings. The summed E-state index contributed by atoms with van der Waals surface area (Å²) in [5.41, 5.74) is 0.337. The standard InChI is InChI=1S/C12H15N3O5/c1-14(2)12(20)8-3-4-9(13-5-8)15(6-10(16)17)7-11(18)19/h3-5H,6-7H2,1-2H3,(H,16,17)(H,18,19). The lowest BCUT2D eigenvalue weighted by Gasteiger charge is -2.19. The maximum Gasteiger partial charge on any atom is 0.323 e. The van der Waals surface area contributed by atoms with Crippen LogP contribution in [0.1, 0.15) is 10.4 Å². The number of carbonyl (C=O) groups excluding carboxylic acids is 1. The van der Waals surface area contributed by atoms with Crippen molar-refractivity contribution >= 4 is 23.7 Å². The summed E-state index contributed by atoms with van der Waals surface area (Å²) in [5, 5.41) is 17.5. The van der Waals surface area contributed by atoms with Gasteiger partial charge in [-0.2, -0.15) is 0 Å². The zero-order valence-electron chi connectivity index (χ0n) is 11.1. The molecule has 8 nitrogen and oxygen atoms in total. The van der Waals surface area contributed by atoms with Gasteiger partial charge in [0, 0.05) is 20.3 Å². The van der Waals surface area contributed by atoms with Crippen LogP contribution in [0.2, 0.25) is 0 Å². The molecule has 1 aromatic rings. The van der Waals surface area contributed by atoms with Crippen molar-refractivity contribution < 1.29 is 24.6 Å². The first-order valence-corrected chi connectivity index (χ1v) is 5.67. The van der Waals surface area contributed by atoms with Crippen LogP contribution in [-0.2, 0) is 9.59 Å². The van der Waals surface area contributed by atoms with Crippen molar-refractivity contribution in [2.75, 3.05) is 32.1 Å². The monoisotopic (exact) mass is 281 g/mol. The lowest BCUT2D eigenvalue weighted by Crippen LogP contribution is -2.35. The minimum atomic E-state index is -1.17. The summed E-state index contributed by atoms with van der Waals surface area (Å²) in [5.74, 6) is -2.39. The Labute approximate surface area is 115 Å². The van der Waals surface area contributed by atoms with Gasteiger partial charge in [0.25, 0.3) is 5.91 Å². The fourth-order valence-corrected chi connectivity index (χ4v) is 1.50. The van der Waals surface area contributed by atoms with Crippen LogP contribution in [0.4, 0.5) is 5.82 Å². The summed E-state index contributed by atoms with van der Waals surface area (Å²) in [6.45, 7) is -0.972. The van der Waals surface area contributed by atoms with E-state index >= 15 is 0 Å². The summed E-state index contributed by atoms with van der Waals surface area (Å²) in [6, 6.07) is 2.89. The second-order valence-electron chi connectivity index (χ2n) is 4.25. The molecule has 8 heteroatoms. The van der Waals surface area contributed by atoms with Crippen molar-refractivity contribution in [3.8, 4) is 0 Å². The van der Waals surface area contributed by atoms with E-state index in [1.54, 1.807) is 14.1 Å². The number of rotatable bonds is 6. The molecule has 1 amide bonds. The van der Waals surface area contributed by atoms with Gasteiger partial charge in [-0.3, -0.25) is 14.4 Å². The molecule has 1 heterocycles. The fraction of sp³-hybridized carbons (Fsp3) is 0.333. The van der Waals surface area contributed by atoms with Crippen LogP contribution < -0.4 is 4.90 Å². The molecule has 1 rings (SSSR count). The van der Waals surface area contributed by atoms with E-state index in [-0.39, 0.29) is 11.7 Å². The number of hydrogen-bond acceptors (Lipinski definition) is 5. The largest absolute Gasteiger partial charge is 0.480 e. The topological polar surface area (TPSA) is 111 Å². The van der Waals surface area contributed by atoms with Gasteiger partial charge in [-0.25, -0.2) is 4.98 Å². The Morgan fingerprint density at radius 3 is 2.00 bits per heavy atom. The predicted molar refractivity (Wildman–Crippen MR) is 69.7 cm³/mol. The van der Waals surface area contributed by atoms with E-state index in [9.17, 15) is 14.4 Å². The van der Waals surface area contributed by atoms with Crippen LogP contribution in [0.15, 0.2) is 18.3 Å². The van der Waals surface area contributed by atoms with Gasteiger partial charge in [0.15, 0.2) is 0 Å². The molecular formula is C12H15N3O5. The highest BCUT2D eigenvalue weighted by Gasteiger charge is 2.16. The van der Waals surface area contributed by atoms with E-state index < -0.39 is 25.0 Å². The average Bonchev–Trinajstić information content (AvgIpc) is 2.36. The van der Waals surface area contributed by atoms with E-state index in [1.165, 1.54) is 23.2 Å². The second-order valence-corrected chi connectivity index (χ2v) is 4.25. The normalized spacial score (nSPS) is 9.90. The molecule has 0 bridgehead atoms. The van der Waals surface area contributed by atoms with Crippen molar-refractivity contribution in [3.63, 3.8) is 0 Å². The summed E-state index contributed by atoms with van der Waals surface area (Å²) in [4.78, 5) is 39.5. The van der Waals surface area contributed by atoms with E-state index in [4.69, 9.17) is 10.2 Å². The molecule has 0 radical (unpaired) electrons. The highest BCUT2D eigenvalue weighted by atomic mass is 16.4. The molecule has 0 saturated heterocycles. The number of nitrogens with zero attached hydrogens (tertiary/aromatic N) is 3. The lowest BCUT2D eigenvalue weighted by atomic mass is 10.2. The Morgan fingerprint density at radius 1 is 1.10 bits per heavy atom. The van der Waals surface area contributed by atoms with Crippen LogP contribution in [0, 0.1) is 0 Å². The van der Waals surface area contributed by atoms with E-state index in [0.717, 1.165) is 4.90 Å². The summed E-state index contributed by atoms with van der Waals surface area (Å²) >= 11 is 0. The first kappa shape index (κ1) is 15.4. The molecule has 108 valence electrons. The number of aliphatic carboxylic acids is 2. The number of pyridine rings is 1. The van der Waals surface area contributed by atoms with Crippen molar-refractivity contribution in [1.82, 2.24) is 9.88 Å². The third kappa shape index (κ3) is 4.23. The highest BCUT2D eigenvalue weighted by Crippen LogP contribution is 2.12. The van der Waals surface area contributed by atoms with Gasteiger partial charge >= 0.3 is 11.9 Å². The van der Waals surface area contributed by atoms with Crippen molar-refractivity contribution in [1.29, 1.82) is 0 Å².